The molecule has 2 fully saturated rings. The average molecular weight is 477 g/mol. The molecule has 0 aliphatic carbocycles. The van der Waals surface area contributed by atoms with E-state index in [4.69, 9.17) is 14.0 Å². The summed E-state index contributed by atoms with van der Waals surface area (Å²) in [5.41, 5.74) is 1.11. The van der Waals surface area contributed by atoms with Crippen molar-refractivity contribution in [2.24, 2.45) is 0 Å². The van der Waals surface area contributed by atoms with Gasteiger partial charge in [0.1, 0.15) is 6.04 Å². The van der Waals surface area contributed by atoms with Crippen molar-refractivity contribution in [2.45, 2.75) is 89.6 Å². The van der Waals surface area contributed by atoms with E-state index in [0.717, 1.165) is 30.3 Å². The van der Waals surface area contributed by atoms with Gasteiger partial charge in [0, 0.05) is 6.92 Å². The van der Waals surface area contributed by atoms with Crippen LogP contribution in [0.2, 0.25) is 6.32 Å². The maximum absolute atomic E-state index is 13.2. The van der Waals surface area contributed by atoms with E-state index in [0.29, 0.717) is 6.42 Å². The lowest BCUT2D eigenvalue weighted by Gasteiger charge is -2.45. The van der Waals surface area contributed by atoms with Crippen LogP contribution in [0.5, 0.6) is 0 Å². The number of hydrogen-bond donors (Lipinski definition) is 0. The van der Waals surface area contributed by atoms with Crippen LogP contribution in [0.1, 0.15) is 77.2 Å². The Bertz CT molecular complexity index is 1010. The van der Waals surface area contributed by atoms with Crippen LogP contribution in [-0.2, 0) is 23.6 Å². The number of nitrogens with zero attached hydrogens (tertiary/aromatic N) is 1. The van der Waals surface area contributed by atoms with Gasteiger partial charge in [-0.15, -0.1) is 0 Å². The molecule has 2 saturated heterocycles. The summed E-state index contributed by atoms with van der Waals surface area (Å²) in [6, 6.07) is 18.5. The summed E-state index contributed by atoms with van der Waals surface area (Å²) >= 11 is 0. The third-order valence-electron chi connectivity index (χ3n) is 7.54. The van der Waals surface area contributed by atoms with E-state index in [-0.39, 0.29) is 36.2 Å². The van der Waals surface area contributed by atoms with Crippen molar-refractivity contribution in [1.82, 2.24) is 4.90 Å². The molecule has 0 spiro atoms. The third kappa shape index (κ3) is 5.31. The van der Waals surface area contributed by atoms with Gasteiger partial charge < -0.3 is 18.9 Å². The van der Waals surface area contributed by atoms with Crippen LogP contribution in [0.25, 0.3) is 0 Å². The Kier molecular flexibility index (Phi) is 7.39. The molecule has 186 valence electrons. The molecular formula is C28H36BNO5. The van der Waals surface area contributed by atoms with E-state index in [1.165, 1.54) is 6.92 Å². The Morgan fingerprint density at radius 2 is 1.43 bits per heavy atom. The van der Waals surface area contributed by atoms with E-state index >= 15 is 0 Å². The number of carbonyl (C=O) groups excluding carboxylic acids is 2. The second kappa shape index (κ2) is 10.2. The number of amides is 1. The SMILES string of the molecule is CC(=O)N1[C@H](CCCCB2OC(C)(C)C(C)(C)O2)C(=O)O[C@@H](c2ccccc2)[C@H]1c1ccccc1. The molecule has 6 nitrogen and oxygen atoms in total. The molecule has 0 unspecified atom stereocenters. The van der Waals surface area contributed by atoms with Crippen molar-refractivity contribution in [1.29, 1.82) is 0 Å². The molecule has 2 aliphatic rings. The number of hydrogen-bond acceptors (Lipinski definition) is 5. The Labute approximate surface area is 209 Å². The number of morpholine rings is 1. The molecule has 2 aliphatic heterocycles. The Morgan fingerprint density at radius 3 is 1.97 bits per heavy atom. The van der Waals surface area contributed by atoms with E-state index in [1.807, 2.05) is 88.4 Å². The predicted octanol–water partition coefficient (Wildman–Crippen LogP) is 5.51. The fourth-order valence-corrected chi connectivity index (χ4v) is 5.00. The van der Waals surface area contributed by atoms with Crippen LogP contribution >= 0.6 is 0 Å². The van der Waals surface area contributed by atoms with Gasteiger partial charge in [-0.3, -0.25) is 4.79 Å². The molecule has 2 aromatic carbocycles. The van der Waals surface area contributed by atoms with Gasteiger partial charge in [-0.2, -0.15) is 0 Å². The van der Waals surface area contributed by atoms with E-state index < -0.39 is 12.1 Å². The topological polar surface area (TPSA) is 65.1 Å². The lowest BCUT2D eigenvalue weighted by Crippen LogP contribution is -2.53. The maximum atomic E-state index is 13.2. The number of carbonyl (C=O) groups is 2. The standard InChI is InChI=1S/C28H36BNO5/c1-20(31)30-23(18-12-13-19-29-34-27(2,3)28(4,5)35-29)26(32)33-25(22-16-10-7-11-17-22)24(30)21-14-8-6-9-15-21/h6-11,14-17,23-25H,12-13,18-19H2,1-5H3/t23-,24-,25+/m1/s1. The lowest BCUT2D eigenvalue weighted by molar-refractivity contribution is -0.181. The van der Waals surface area contributed by atoms with Gasteiger partial charge in [-0.05, 0) is 51.6 Å². The highest BCUT2D eigenvalue weighted by atomic mass is 16.7. The van der Waals surface area contributed by atoms with E-state index in [9.17, 15) is 9.59 Å². The van der Waals surface area contributed by atoms with Crippen molar-refractivity contribution in [3.8, 4) is 0 Å². The lowest BCUT2D eigenvalue weighted by atomic mass is 9.81. The summed E-state index contributed by atoms with van der Waals surface area (Å²) in [5, 5.41) is 0. The second-order valence-electron chi connectivity index (χ2n) is 10.5. The summed E-state index contributed by atoms with van der Waals surface area (Å²) in [6.45, 7) is 9.71. The molecule has 1 amide bonds. The fraction of sp³-hybridized carbons (Fsp3) is 0.500. The summed E-state index contributed by atoms with van der Waals surface area (Å²) in [7, 11) is -0.262. The Balaban J connectivity index is 1.50. The molecule has 7 heteroatoms. The molecule has 0 N–H and O–H groups in total. The normalized spacial score (nSPS) is 25.4. The van der Waals surface area contributed by atoms with Gasteiger partial charge in [0.15, 0.2) is 6.10 Å². The van der Waals surface area contributed by atoms with Gasteiger partial charge >= 0.3 is 13.1 Å². The number of esters is 1. The first-order valence-corrected chi connectivity index (χ1v) is 12.6. The van der Waals surface area contributed by atoms with Gasteiger partial charge in [0.05, 0.1) is 17.2 Å². The number of cyclic esters (lactones) is 1. The monoisotopic (exact) mass is 477 g/mol. The molecule has 35 heavy (non-hydrogen) atoms. The minimum Gasteiger partial charge on any atom is -0.453 e. The van der Waals surface area contributed by atoms with E-state index in [1.54, 1.807) is 4.90 Å². The number of benzene rings is 2. The molecule has 2 heterocycles. The molecule has 2 aromatic rings. The van der Waals surface area contributed by atoms with Crippen LogP contribution < -0.4 is 0 Å². The highest BCUT2D eigenvalue weighted by Gasteiger charge is 2.51. The van der Waals surface area contributed by atoms with Crippen LogP contribution in [0, 0.1) is 0 Å². The molecule has 0 saturated carbocycles. The zero-order valence-corrected chi connectivity index (χ0v) is 21.4. The van der Waals surface area contributed by atoms with Gasteiger partial charge in [-0.25, -0.2) is 4.79 Å². The smallest absolute Gasteiger partial charge is 0.453 e. The van der Waals surface area contributed by atoms with Crippen molar-refractivity contribution in [3.63, 3.8) is 0 Å². The fourth-order valence-electron chi connectivity index (χ4n) is 5.00. The number of unbranched alkanes of at least 4 members (excludes halogenated alkanes) is 1. The highest BCUT2D eigenvalue weighted by Crippen LogP contribution is 2.43. The van der Waals surface area contributed by atoms with Crippen molar-refractivity contribution >= 4 is 19.0 Å². The maximum Gasteiger partial charge on any atom is 0.457 e. The largest absolute Gasteiger partial charge is 0.457 e. The molecule has 4 rings (SSSR count). The first-order valence-electron chi connectivity index (χ1n) is 12.6. The van der Waals surface area contributed by atoms with Gasteiger partial charge in [0.25, 0.3) is 0 Å². The summed E-state index contributed by atoms with van der Waals surface area (Å²) in [4.78, 5) is 27.9. The first-order chi connectivity index (χ1) is 16.6. The summed E-state index contributed by atoms with van der Waals surface area (Å²) < 4.78 is 18.2. The predicted molar refractivity (Wildman–Crippen MR) is 136 cm³/mol. The van der Waals surface area contributed by atoms with Crippen LogP contribution in [-0.4, -0.2) is 41.1 Å². The van der Waals surface area contributed by atoms with Crippen molar-refractivity contribution in [2.75, 3.05) is 0 Å². The first kappa shape index (κ1) is 25.5. The van der Waals surface area contributed by atoms with Crippen molar-refractivity contribution in [3.05, 3.63) is 71.8 Å². The van der Waals surface area contributed by atoms with Gasteiger partial charge in [-0.1, -0.05) is 73.5 Å². The Hall–Kier alpha value is -2.64. The Morgan fingerprint density at radius 1 is 0.886 bits per heavy atom. The quantitative estimate of drug-likeness (QED) is 0.299. The summed E-state index contributed by atoms with van der Waals surface area (Å²) in [5.74, 6) is -0.482. The van der Waals surface area contributed by atoms with Crippen LogP contribution in [0.15, 0.2) is 60.7 Å². The molecule has 0 bridgehead atoms. The minimum atomic E-state index is -0.629. The number of ether oxygens (including phenoxy) is 1. The van der Waals surface area contributed by atoms with Crippen LogP contribution in [0.4, 0.5) is 0 Å². The highest BCUT2D eigenvalue weighted by molar-refractivity contribution is 6.45. The number of rotatable bonds is 7. The average Bonchev–Trinajstić information content (AvgIpc) is 3.03. The van der Waals surface area contributed by atoms with E-state index in [2.05, 4.69) is 0 Å². The minimum absolute atomic E-state index is 0.132. The third-order valence-corrected chi connectivity index (χ3v) is 7.54. The summed E-state index contributed by atoms with van der Waals surface area (Å²) in [6.07, 6.45) is 2.29. The zero-order chi connectivity index (χ0) is 25.2. The second-order valence-corrected chi connectivity index (χ2v) is 10.5. The molecular weight excluding hydrogens is 441 g/mol. The van der Waals surface area contributed by atoms with Crippen LogP contribution in [0.3, 0.4) is 0 Å². The van der Waals surface area contributed by atoms with Crippen molar-refractivity contribution < 1.29 is 23.6 Å². The molecule has 0 aromatic heterocycles. The molecule has 3 atom stereocenters. The van der Waals surface area contributed by atoms with Gasteiger partial charge in [0.2, 0.25) is 5.91 Å². The zero-order valence-electron chi connectivity index (χ0n) is 21.4. The molecule has 0 radical (unpaired) electrons.